The van der Waals surface area contributed by atoms with E-state index in [0.29, 0.717) is 16.9 Å². The van der Waals surface area contributed by atoms with Gasteiger partial charge >= 0.3 is 0 Å². The molecule has 3 N–H and O–H groups in total. The molecule has 0 saturated carbocycles. The van der Waals surface area contributed by atoms with Gasteiger partial charge in [-0.25, -0.2) is 8.78 Å². The fourth-order valence-electron chi connectivity index (χ4n) is 1.64. The lowest BCUT2D eigenvalue weighted by molar-refractivity contribution is 0.318. The first-order valence-electron chi connectivity index (χ1n) is 5.74. The van der Waals surface area contributed by atoms with Crippen molar-refractivity contribution in [3.05, 3.63) is 65.2 Å². The quantitative estimate of drug-likeness (QED) is 0.299. The van der Waals surface area contributed by atoms with Crippen LogP contribution in [0.1, 0.15) is 11.1 Å². The lowest BCUT2D eigenvalue weighted by Crippen LogP contribution is -2.13. The molecule has 0 aliphatic rings. The third kappa shape index (κ3) is 3.71. The molecule has 20 heavy (non-hydrogen) atoms. The van der Waals surface area contributed by atoms with Crippen LogP contribution in [0.15, 0.2) is 52.5 Å². The van der Waals surface area contributed by atoms with E-state index in [2.05, 4.69) is 5.16 Å². The van der Waals surface area contributed by atoms with Gasteiger partial charge in [0.2, 0.25) is 0 Å². The predicted octanol–water partition coefficient (Wildman–Crippen LogP) is 3.35. The van der Waals surface area contributed by atoms with E-state index in [9.17, 15) is 8.78 Å². The Morgan fingerprint density at radius 1 is 1.10 bits per heavy atom. The summed E-state index contributed by atoms with van der Waals surface area (Å²) in [5.41, 5.74) is 6.46. The molecule has 2 aromatic carbocycles. The van der Waals surface area contributed by atoms with E-state index >= 15 is 0 Å². The summed E-state index contributed by atoms with van der Waals surface area (Å²) in [5, 5.41) is 11.5. The fourth-order valence-corrected chi connectivity index (χ4v) is 2.47. The minimum atomic E-state index is -0.455. The Labute approximate surface area is 119 Å². The maximum absolute atomic E-state index is 13.5. The van der Waals surface area contributed by atoms with E-state index in [4.69, 9.17) is 10.9 Å². The summed E-state index contributed by atoms with van der Waals surface area (Å²) in [7, 11) is 0. The van der Waals surface area contributed by atoms with Gasteiger partial charge in [0, 0.05) is 16.2 Å². The van der Waals surface area contributed by atoms with Crippen molar-refractivity contribution >= 4 is 17.6 Å². The normalized spacial score (nSPS) is 11.6. The number of rotatable bonds is 4. The molecular weight excluding hydrogens is 282 g/mol. The molecule has 3 nitrogen and oxygen atoms in total. The van der Waals surface area contributed by atoms with Crippen molar-refractivity contribution in [3.8, 4) is 0 Å². The van der Waals surface area contributed by atoms with Crippen molar-refractivity contribution in [2.45, 2.75) is 10.6 Å². The molecule has 0 unspecified atom stereocenters. The Kier molecular flexibility index (Phi) is 4.57. The van der Waals surface area contributed by atoms with Crippen molar-refractivity contribution in [1.29, 1.82) is 0 Å². The number of thioether (sulfide) groups is 1. The Morgan fingerprint density at radius 3 is 2.45 bits per heavy atom. The van der Waals surface area contributed by atoms with Gasteiger partial charge in [-0.2, -0.15) is 0 Å². The van der Waals surface area contributed by atoms with Crippen molar-refractivity contribution < 1.29 is 14.0 Å². The summed E-state index contributed by atoms with van der Waals surface area (Å²) in [5.74, 6) is -0.398. The van der Waals surface area contributed by atoms with Crippen LogP contribution in [0.5, 0.6) is 0 Å². The zero-order chi connectivity index (χ0) is 14.5. The molecule has 6 heteroatoms. The minimum Gasteiger partial charge on any atom is -0.409 e. The van der Waals surface area contributed by atoms with Gasteiger partial charge in [0.15, 0.2) is 5.84 Å². The molecule has 0 atom stereocenters. The molecule has 0 amide bonds. The van der Waals surface area contributed by atoms with Crippen LogP contribution in [0.2, 0.25) is 0 Å². The molecule has 104 valence electrons. The first-order chi connectivity index (χ1) is 9.58. The Morgan fingerprint density at radius 2 is 1.80 bits per heavy atom. The second-order valence-corrected chi connectivity index (χ2v) is 5.12. The van der Waals surface area contributed by atoms with Crippen LogP contribution in [-0.4, -0.2) is 11.0 Å². The molecule has 2 rings (SSSR count). The van der Waals surface area contributed by atoms with Gasteiger partial charge in [0.05, 0.1) is 0 Å². The predicted molar refractivity (Wildman–Crippen MR) is 74.9 cm³/mol. The van der Waals surface area contributed by atoms with E-state index in [1.807, 2.05) is 0 Å². The topological polar surface area (TPSA) is 58.6 Å². The molecule has 0 aliphatic heterocycles. The van der Waals surface area contributed by atoms with Crippen LogP contribution in [0.4, 0.5) is 8.78 Å². The second kappa shape index (κ2) is 6.38. The molecule has 0 saturated heterocycles. The summed E-state index contributed by atoms with van der Waals surface area (Å²) in [6.07, 6.45) is 0. The van der Waals surface area contributed by atoms with Gasteiger partial charge in [-0.1, -0.05) is 5.16 Å². The molecule has 2 aromatic rings. The largest absolute Gasteiger partial charge is 0.409 e. The molecular formula is C14H12F2N2OS. The van der Waals surface area contributed by atoms with E-state index in [-0.39, 0.29) is 11.7 Å². The average Bonchev–Trinajstić information content (AvgIpc) is 2.45. The molecule has 0 aliphatic carbocycles. The fraction of sp³-hybridized carbons (Fsp3) is 0.0714. The van der Waals surface area contributed by atoms with Crippen LogP contribution in [0.3, 0.4) is 0 Å². The minimum absolute atomic E-state index is 0.141. The van der Waals surface area contributed by atoms with Crippen molar-refractivity contribution in [3.63, 3.8) is 0 Å². The van der Waals surface area contributed by atoms with Gasteiger partial charge in [-0.3, -0.25) is 0 Å². The maximum atomic E-state index is 13.5. The zero-order valence-electron chi connectivity index (χ0n) is 10.4. The van der Waals surface area contributed by atoms with Crippen LogP contribution in [-0.2, 0) is 5.75 Å². The smallest absolute Gasteiger partial charge is 0.170 e. The number of nitrogens with two attached hydrogens (primary N) is 1. The number of amidine groups is 1. The van der Waals surface area contributed by atoms with Crippen molar-refractivity contribution in [1.82, 2.24) is 0 Å². The Balaban J connectivity index is 2.13. The van der Waals surface area contributed by atoms with Crippen molar-refractivity contribution in [2.75, 3.05) is 0 Å². The van der Waals surface area contributed by atoms with E-state index in [1.54, 1.807) is 18.2 Å². The first kappa shape index (κ1) is 14.3. The number of halogens is 2. The summed E-state index contributed by atoms with van der Waals surface area (Å²) < 4.78 is 26.2. The average molecular weight is 294 g/mol. The number of hydrogen-bond acceptors (Lipinski definition) is 3. The molecule has 0 fully saturated rings. The first-order valence-corrected chi connectivity index (χ1v) is 6.73. The summed E-state index contributed by atoms with van der Waals surface area (Å²) in [4.78, 5) is 0.876. The highest BCUT2D eigenvalue weighted by molar-refractivity contribution is 7.98. The van der Waals surface area contributed by atoms with Crippen LogP contribution >= 0.6 is 11.8 Å². The van der Waals surface area contributed by atoms with Crippen LogP contribution in [0, 0.1) is 11.6 Å². The number of hydrogen-bond donors (Lipinski definition) is 2. The number of nitrogens with zero attached hydrogens (tertiary/aromatic N) is 1. The Hall–Kier alpha value is -2.08. The van der Waals surface area contributed by atoms with Gasteiger partial charge in [0.25, 0.3) is 0 Å². The standard InChI is InChI=1S/C14H12F2N2OS/c15-11-1-3-13(4-2-11)20-8-9-5-10(14(17)18-19)7-12(16)6-9/h1-7,19H,8H2,(H2,17,18). The van der Waals surface area contributed by atoms with Gasteiger partial charge in [0.1, 0.15) is 11.6 Å². The molecule has 0 heterocycles. The van der Waals surface area contributed by atoms with Gasteiger partial charge in [-0.05, 0) is 48.0 Å². The lowest BCUT2D eigenvalue weighted by atomic mass is 10.1. The Bertz CT molecular complexity index is 630. The highest BCUT2D eigenvalue weighted by Gasteiger charge is 2.05. The van der Waals surface area contributed by atoms with Crippen LogP contribution in [0.25, 0.3) is 0 Å². The molecule has 0 spiro atoms. The monoisotopic (exact) mass is 294 g/mol. The highest BCUT2D eigenvalue weighted by atomic mass is 32.2. The third-order valence-corrected chi connectivity index (χ3v) is 3.66. The summed E-state index contributed by atoms with van der Waals surface area (Å²) >= 11 is 1.44. The summed E-state index contributed by atoms with van der Waals surface area (Å²) in [6.45, 7) is 0. The van der Waals surface area contributed by atoms with Crippen LogP contribution < -0.4 is 5.73 Å². The van der Waals surface area contributed by atoms with Gasteiger partial charge < -0.3 is 10.9 Å². The molecule has 0 aromatic heterocycles. The molecule has 0 radical (unpaired) electrons. The highest BCUT2D eigenvalue weighted by Crippen LogP contribution is 2.24. The second-order valence-electron chi connectivity index (χ2n) is 4.08. The SMILES string of the molecule is N/C(=N/O)c1cc(F)cc(CSc2ccc(F)cc2)c1. The van der Waals surface area contributed by atoms with E-state index in [0.717, 1.165) is 4.90 Å². The van der Waals surface area contributed by atoms with Gasteiger partial charge in [-0.15, -0.1) is 11.8 Å². The zero-order valence-corrected chi connectivity index (χ0v) is 11.2. The summed E-state index contributed by atoms with van der Waals surface area (Å²) in [6, 6.07) is 10.3. The number of oxime groups is 1. The van der Waals surface area contributed by atoms with E-state index < -0.39 is 5.82 Å². The number of benzene rings is 2. The third-order valence-electron chi connectivity index (χ3n) is 2.58. The van der Waals surface area contributed by atoms with Crippen molar-refractivity contribution in [2.24, 2.45) is 10.9 Å². The maximum Gasteiger partial charge on any atom is 0.170 e. The van der Waals surface area contributed by atoms with E-state index in [1.165, 1.54) is 36.0 Å². The lowest BCUT2D eigenvalue weighted by Gasteiger charge is -2.05. The molecule has 0 bridgehead atoms.